The standard InChI is InChI=1S/C16H18BrClN2O/c1-21-13-6-2-11(3-7-13)4-9-16(20-19)12-5-8-15(18)14(17)10-12/h2-3,5-8,10,16,20H,4,9,19H2,1H3. The number of hydrogen-bond donors (Lipinski definition) is 2. The third-order valence-corrected chi connectivity index (χ3v) is 4.64. The summed E-state index contributed by atoms with van der Waals surface area (Å²) in [5.74, 6) is 6.55. The first-order chi connectivity index (χ1) is 10.1. The van der Waals surface area contributed by atoms with Crippen LogP contribution in [-0.2, 0) is 6.42 Å². The van der Waals surface area contributed by atoms with Gasteiger partial charge in [-0.25, -0.2) is 0 Å². The van der Waals surface area contributed by atoms with E-state index in [9.17, 15) is 0 Å². The van der Waals surface area contributed by atoms with Crippen LogP contribution < -0.4 is 16.0 Å². The Labute approximate surface area is 138 Å². The molecule has 0 saturated heterocycles. The Morgan fingerprint density at radius 1 is 1.24 bits per heavy atom. The molecule has 1 atom stereocenters. The number of aryl methyl sites for hydroxylation is 1. The van der Waals surface area contributed by atoms with Crippen molar-refractivity contribution in [2.45, 2.75) is 18.9 Å². The van der Waals surface area contributed by atoms with Gasteiger partial charge < -0.3 is 4.74 Å². The quantitative estimate of drug-likeness (QED) is 0.591. The molecule has 0 heterocycles. The number of nitrogens with two attached hydrogens (primary N) is 1. The van der Waals surface area contributed by atoms with Crippen LogP contribution in [0.1, 0.15) is 23.6 Å². The van der Waals surface area contributed by atoms with E-state index in [4.69, 9.17) is 22.2 Å². The molecule has 0 aromatic heterocycles. The molecular formula is C16H18BrClN2O. The highest BCUT2D eigenvalue weighted by Gasteiger charge is 2.11. The van der Waals surface area contributed by atoms with Gasteiger partial charge in [-0.15, -0.1) is 0 Å². The fourth-order valence-electron chi connectivity index (χ4n) is 2.18. The van der Waals surface area contributed by atoms with Gasteiger partial charge in [-0.2, -0.15) is 0 Å². The van der Waals surface area contributed by atoms with Crippen LogP contribution in [0.25, 0.3) is 0 Å². The number of halogens is 2. The summed E-state index contributed by atoms with van der Waals surface area (Å²) in [5, 5.41) is 0.699. The van der Waals surface area contributed by atoms with Crippen LogP contribution in [0, 0.1) is 0 Å². The van der Waals surface area contributed by atoms with E-state index in [0.717, 1.165) is 28.6 Å². The first-order valence-electron chi connectivity index (χ1n) is 6.68. The second-order valence-corrected chi connectivity index (χ2v) is 6.04. The number of benzene rings is 2. The highest BCUT2D eigenvalue weighted by molar-refractivity contribution is 9.10. The Hall–Kier alpha value is -1.07. The minimum atomic E-state index is 0.0840. The Morgan fingerprint density at radius 2 is 1.95 bits per heavy atom. The number of hydrogen-bond acceptors (Lipinski definition) is 3. The molecule has 2 aromatic carbocycles. The molecule has 3 N–H and O–H groups in total. The molecule has 0 amide bonds. The molecular weight excluding hydrogens is 352 g/mol. The number of hydrazine groups is 1. The van der Waals surface area contributed by atoms with Crippen molar-refractivity contribution in [3.8, 4) is 5.75 Å². The number of nitrogens with one attached hydrogen (secondary N) is 1. The van der Waals surface area contributed by atoms with Crippen LogP contribution in [0.4, 0.5) is 0 Å². The van der Waals surface area contributed by atoms with Crippen LogP contribution in [0.5, 0.6) is 5.75 Å². The summed E-state index contributed by atoms with van der Waals surface area (Å²) in [4.78, 5) is 0. The monoisotopic (exact) mass is 368 g/mol. The maximum atomic E-state index is 6.02. The Morgan fingerprint density at radius 3 is 2.52 bits per heavy atom. The Bertz CT molecular complexity index is 589. The predicted octanol–water partition coefficient (Wildman–Crippen LogP) is 4.25. The van der Waals surface area contributed by atoms with Crippen molar-refractivity contribution in [1.29, 1.82) is 0 Å². The summed E-state index contributed by atoms with van der Waals surface area (Å²) in [6.07, 6.45) is 1.83. The lowest BCUT2D eigenvalue weighted by atomic mass is 9.99. The van der Waals surface area contributed by atoms with E-state index >= 15 is 0 Å². The van der Waals surface area contributed by atoms with Gasteiger partial charge in [-0.1, -0.05) is 29.8 Å². The van der Waals surface area contributed by atoms with Crippen molar-refractivity contribution in [2.24, 2.45) is 5.84 Å². The van der Waals surface area contributed by atoms with E-state index in [1.165, 1.54) is 5.56 Å². The van der Waals surface area contributed by atoms with E-state index in [1.807, 2.05) is 30.3 Å². The highest BCUT2D eigenvalue weighted by Crippen LogP contribution is 2.27. The Kier molecular flexibility index (Phi) is 6.06. The minimum absolute atomic E-state index is 0.0840. The van der Waals surface area contributed by atoms with Gasteiger partial charge >= 0.3 is 0 Å². The number of ether oxygens (including phenoxy) is 1. The van der Waals surface area contributed by atoms with Crippen molar-refractivity contribution < 1.29 is 4.74 Å². The van der Waals surface area contributed by atoms with Crippen molar-refractivity contribution in [2.75, 3.05) is 7.11 Å². The number of rotatable bonds is 6. The molecule has 21 heavy (non-hydrogen) atoms. The van der Waals surface area contributed by atoms with Crippen LogP contribution in [0.2, 0.25) is 5.02 Å². The third-order valence-electron chi connectivity index (χ3n) is 3.43. The van der Waals surface area contributed by atoms with Crippen molar-refractivity contribution in [3.63, 3.8) is 0 Å². The van der Waals surface area contributed by atoms with Crippen LogP contribution in [0.15, 0.2) is 46.9 Å². The second-order valence-electron chi connectivity index (χ2n) is 4.78. The summed E-state index contributed by atoms with van der Waals surface area (Å²) in [6, 6.07) is 14.0. The van der Waals surface area contributed by atoms with Crippen LogP contribution in [0.3, 0.4) is 0 Å². The maximum Gasteiger partial charge on any atom is 0.118 e. The van der Waals surface area contributed by atoms with Crippen LogP contribution in [-0.4, -0.2) is 7.11 Å². The molecule has 112 valence electrons. The third kappa shape index (κ3) is 4.45. The van der Waals surface area contributed by atoms with E-state index in [1.54, 1.807) is 7.11 Å². The van der Waals surface area contributed by atoms with Gasteiger partial charge in [0.25, 0.3) is 0 Å². The molecule has 0 aliphatic carbocycles. The van der Waals surface area contributed by atoms with Gasteiger partial charge in [0.15, 0.2) is 0 Å². The lowest BCUT2D eigenvalue weighted by Gasteiger charge is -2.17. The summed E-state index contributed by atoms with van der Waals surface area (Å²) in [6.45, 7) is 0. The lowest BCUT2D eigenvalue weighted by molar-refractivity contribution is 0.414. The maximum absolute atomic E-state index is 6.02. The Balaban J connectivity index is 2.02. The normalized spacial score (nSPS) is 12.2. The SMILES string of the molecule is COc1ccc(CCC(NN)c2ccc(Cl)c(Br)c2)cc1. The smallest absolute Gasteiger partial charge is 0.118 e. The van der Waals surface area contributed by atoms with Crippen molar-refractivity contribution in [1.82, 2.24) is 5.43 Å². The zero-order valence-corrected chi connectivity index (χ0v) is 14.1. The zero-order chi connectivity index (χ0) is 15.2. The summed E-state index contributed by atoms with van der Waals surface area (Å²) in [7, 11) is 1.67. The fourth-order valence-corrected chi connectivity index (χ4v) is 2.69. The van der Waals surface area contributed by atoms with Gasteiger partial charge in [0.2, 0.25) is 0 Å². The second kappa shape index (κ2) is 7.80. The minimum Gasteiger partial charge on any atom is -0.497 e. The van der Waals surface area contributed by atoms with E-state index < -0.39 is 0 Å². The number of methoxy groups -OCH3 is 1. The molecule has 2 aromatic rings. The average molecular weight is 370 g/mol. The lowest BCUT2D eigenvalue weighted by Crippen LogP contribution is -2.28. The van der Waals surface area contributed by atoms with Gasteiger partial charge in [0.05, 0.1) is 12.1 Å². The molecule has 0 fully saturated rings. The molecule has 2 rings (SSSR count). The summed E-state index contributed by atoms with van der Waals surface area (Å²) in [5.41, 5.74) is 5.24. The first-order valence-corrected chi connectivity index (χ1v) is 7.85. The largest absolute Gasteiger partial charge is 0.497 e. The van der Waals surface area contributed by atoms with E-state index in [-0.39, 0.29) is 6.04 Å². The fraction of sp³-hybridized carbons (Fsp3) is 0.250. The van der Waals surface area contributed by atoms with Gasteiger partial charge in [-0.3, -0.25) is 11.3 Å². The average Bonchev–Trinajstić information content (AvgIpc) is 2.52. The molecule has 0 bridgehead atoms. The van der Waals surface area contributed by atoms with Crippen molar-refractivity contribution in [3.05, 3.63) is 63.1 Å². The summed E-state index contributed by atoms with van der Waals surface area (Å²) >= 11 is 9.46. The molecule has 0 aliphatic rings. The van der Waals surface area contributed by atoms with Crippen molar-refractivity contribution >= 4 is 27.5 Å². The van der Waals surface area contributed by atoms with Gasteiger partial charge in [0, 0.05) is 10.5 Å². The molecule has 0 saturated carbocycles. The highest BCUT2D eigenvalue weighted by atomic mass is 79.9. The first kappa shape index (κ1) is 16.3. The predicted molar refractivity (Wildman–Crippen MR) is 90.5 cm³/mol. The topological polar surface area (TPSA) is 47.3 Å². The van der Waals surface area contributed by atoms with Gasteiger partial charge in [-0.05, 0) is 64.2 Å². The molecule has 0 aliphatic heterocycles. The van der Waals surface area contributed by atoms with Gasteiger partial charge in [0.1, 0.15) is 5.75 Å². The molecule has 0 radical (unpaired) electrons. The molecule has 5 heteroatoms. The zero-order valence-electron chi connectivity index (χ0n) is 11.8. The van der Waals surface area contributed by atoms with E-state index in [0.29, 0.717) is 5.02 Å². The molecule has 3 nitrogen and oxygen atoms in total. The molecule has 0 spiro atoms. The van der Waals surface area contributed by atoms with E-state index in [2.05, 4.69) is 33.5 Å². The van der Waals surface area contributed by atoms with Crippen LogP contribution >= 0.6 is 27.5 Å². The molecule has 1 unspecified atom stereocenters. The summed E-state index contributed by atoms with van der Waals surface area (Å²) < 4.78 is 6.04.